The van der Waals surface area contributed by atoms with Crippen molar-refractivity contribution in [3.8, 4) is 0 Å². The molecule has 0 aliphatic carbocycles. The van der Waals surface area contributed by atoms with Gasteiger partial charge in [0.05, 0.1) is 16.2 Å². The molecule has 1 aromatic heterocycles. The van der Waals surface area contributed by atoms with E-state index in [1.165, 1.54) is 23.7 Å². The molecular formula is C18H14F4N2O4S3. The number of sulfonamides is 1. The topological polar surface area (TPSA) is 93.2 Å². The van der Waals surface area contributed by atoms with E-state index in [4.69, 9.17) is 0 Å². The van der Waals surface area contributed by atoms with Gasteiger partial charge in [-0.2, -0.15) is 13.2 Å². The van der Waals surface area contributed by atoms with Crippen LogP contribution >= 0.6 is 11.3 Å². The van der Waals surface area contributed by atoms with Gasteiger partial charge in [0.1, 0.15) is 10.7 Å². The monoisotopic (exact) mass is 494 g/mol. The zero-order chi connectivity index (χ0) is 22.9. The lowest BCUT2D eigenvalue weighted by atomic mass is 10.1. The van der Waals surface area contributed by atoms with E-state index in [1.54, 1.807) is 0 Å². The Hall–Kier alpha value is -2.51. The van der Waals surface area contributed by atoms with Crippen molar-refractivity contribution in [2.45, 2.75) is 22.4 Å². The largest absolute Gasteiger partial charge is 0.416 e. The second-order valence-corrected chi connectivity index (χ2v) is 11.0. The van der Waals surface area contributed by atoms with E-state index in [2.05, 4.69) is 9.71 Å². The van der Waals surface area contributed by atoms with E-state index < -0.39 is 53.0 Å². The molecule has 0 saturated carbocycles. The molecule has 0 aliphatic rings. The van der Waals surface area contributed by atoms with Crippen LogP contribution in [0.4, 0.5) is 22.7 Å². The molecule has 0 unspecified atom stereocenters. The van der Waals surface area contributed by atoms with Crippen molar-refractivity contribution in [1.82, 2.24) is 4.98 Å². The van der Waals surface area contributed by atoms with Crippen molar-refractivity contribution in [3.05, 3.63) is 71.0 Å². The standard InChI is InChI=1S/C18H14F4N2O4S3/c19-15-11-14(4-5-16(15)31(27,28)24-17-23-7-8-29-17)30(25,26)9-6-12-2-1-3-13(10-12)18(20,21)22/h1-5,7-8,10-11H,6,9H2,(H,23,24). The molecule has 3 aromatic rings. The van der Waals surface area contributed by atoms with Gasteiger partial charge in [0.15, 0.2) is 15.0 Å². The number of aryl methyl sites for hydroxylation is 1. The van der Waals surface area contributed by atoms with Crippen molar-refractivity contribution in [3.63, 3.8) is 0 Å². The molecule has 0 bridgehead atoms. The third-order valence-electron chi connectivity index (χ3n) is 4.12. The van der Waals surface area contributed by atoms with Gasteiger partial charge in [-0.1, -0.05) is 18.2 Å². The first kappa shape index (κ1) is 23.2. The third-order valence-corrected chi connectivity index (χ3v) is 8.02. The lowest BCUT2D eigenvalue weighted by Gasteiger charge is -2.10. The number of thiazole rings is 1. The number of nitrogens with zero attached hydrogens (tertiary/aromatic N) is 1. The minimum absolute atomic E-state index is 0.0113. The average Bonchev–Trinajstić information content (AvgIpc) is 3.18. The molecule has 0 radical (unpaired) electrons. The number of rotatable bonds is 7. The van der Waals surface area contributed by atoms with Gasteiger partial charge in [0.25, 0.3) is 10.0 Å². The van der Waals surface area contributed by atoms with Crippen LogP contribution in [-0.4, -0.2) is 27.6 Å². The molecule has 0 fully saturated rings. The number of sulfone groups is 1. The summed E-state index contributed by atoms with van der Waals surface area (Å²) in [4.78, 5) is 2.48. The van der Waals surface area contributed by atoms with E-state index in [1.807, 2.05) is 0 Å². The number of alkyl halides is 3. The Morgan fingerprint density at radius 1 is 1.03 bits per heavy atom. The summed E-state index contributed by atoms with van der Waals surface area (Å²) in [6.07, 6.45) is -3.45. The molecule has 0 spiro atoms. The van der Waals surface area contributed by atoms with Crippen molar-refractivity contribution < 1.29 is 34.4 Å². The first-order valence-electron chi connectivity index (χ1n) is 8.49. The zero-order valence-electron chi connectivity index (χ0n) is 15.4. The number of benzene rings is 2. The van der Waals surface area contributed by atoms with Gasteiger partial charge in [-0.3, -0.25) is 4.72 Å². The van der Waals surface area contributed by atoms with Crippen molar-refractivity contribution in [2.24, 2.45) is 0 Å². The molecule has 1 heterocycles. The van der Waals surface area contributed by atoms with Crippen molar-refractivity contribution in [1.29, 1.82) is 0 Å². The summed E-state index contributed by atoms with van der Waals surface area (Å²) in [6, 6.07) is 6.54. The fraction of sp³-hybridized carbons (Fsp3) is 0.167. The predicted octanol–water partition coefficient (Wildman–Crippen LogP) is 4.12. The van der Waals surface area contributed by atoms with Gasteiger partial charge in [0, 0.05) is 11.6 Å². The molecule has 0 aliphatic heterocycles. The highest BCUT2D eigenvalue weighted by atomic mass is 32.2. The van der Waals surface area contributed by atoms with Gasteiger partial charge in [-0.25, -0.2) is 26.2 Å². The Balaban J connectivity index is 1.79. The van der Waals surface area contributed by atoms with Crippen LogP contribution in [0.3, 0.4) is 0 Å². The lowest BCUT2D eigenvalue weighted by molar-refractivity contribution is -0.137. The Kier molecular flexibility index (Phi) is 6.39. The third kappa shape index (κ3) is 5.60. The first-order valence-corrected chi connectivity index (χ1v) is 12.5. The highest BCUT2D eigenvalue weighted by Gasteiger charge is 2.30. The lowest BCUT2D eigenvalue weighted by Crippen LogP contribution is -2.16. The van der Waals surface area contributed by atoms with Crippen LogP contribution in [0.15, 0.2) is 63.8 Å². The van der Waals surface area contributed by atoms with E-state index in [0.29, 0.717) is 6.07 Å². The predicted molar refractivity (Wildman–Crippen MR) is 107 cm³/mol. The fourth-order valence-electron chi connectivity index (χ4n) is 2.61. The van der Waals surface area contributed by atoms with Crippen molar-refractivity contribution in [2.75, 3.05) is 10.5 Å². The second kappa shape index (κ2) is 8.55. The molecule has 0 saturated heterocycles. The molecular weight excluding hydrogens is 480 g/mol. The van der Waals surface area contributed by atoms with Gasteiger partial charge in [-0.05, 0) is 36.2 Å². The maximum Gasteiger partial charge on any atom is 0.416 e. The summed E-state index contributed by atoms with van der Waals surface area (Å²) in [7, 11) is -8.42. The van der Waals surface area contributed by atoms with Gasteiger partial charge in [0.2, 0.25) is 0 Å². The summed E-state index contributed by atoms with van der Waals surface area (Å²) in [5, 5.41) is 1.52. The average molecular weight is 495 g/mol. The van der Waals surface area contributed by atoms with E-state index >= 15 is 0 Å². The van der Waals surface area contributed by atoms with Crippen LogP contribution in [-0.2, 0) is 32.5 Å². The van der Waals surface area contributed by atoms with Crippen LogP contribution in [0.5, 0.6) is 0 Å². The summed E-state index contributed by atoms with van der Waals surface area (Å²) >= 11 is 0.975. The minimum Gasteiger partial charge on any atom is -0.255 e. The van der Waals surface area contributed by atoms with E-state index in [9.17, 15) is 34.4 Å². The zero-order valence-corrected chi connectivity index (χ0v) is 17.9. The normalized spacial score (nSPS) is 12.6. The van der Waals surface area contributed by atoms with Gasteiger partial charge in [-0.15, -0.1) is 11.3 Å². The Morgan fingerprint density at radius 3 is 2.39 bits per heavy atom. The molecule has 31 heavy (non-hydrogen) atoms. The number of nitrogens with one attached hydrogen (secondary N) is 1. The Morgan fingerprint density at radius 2 is 1.77 bits per heavy atom. The van der Waals surface area contributed by atoms with E-state index in [0.717, 1.165) is 35.6 Å². The molecule has 166 valence electrons. The van der Waals surface area contributed by atoms with Gasteiger partial charge >= 0.3 is 6.18 Å². The molecule has 2 aromatic carbocycles. The van der Waals surface area contributed by atoms with Gasteiger partial charge < -0.3 is 0 Å². The van der Waals surface area contributed by atoms with Crippen LogP contribution in [0.25, 0.3) is 0 Å². The van der Waals surface area contributed by atoms with Crippen LogP contribution in [0.2, 0.25) is 0 Å². The Bertz CT molecular complexity index is 1290. The molecule has 3 rings (SSSR count). The second-order valence-electron chi connectivity index (χ2n) is 6.30. The minimum atomic E-state index is -4.56. The number of hydrogen-bond acceptors (Lipinski definition) is 6. The number of halogens is 4. The summed E-state index contributed by atoms with van der Waals surface area (Å²) < 4.78 is 104. The molecule has 1 N–H and O–H groups in total. The molecule has 6 nitrogen and oxygen atoms in total. The van der Waals surface area contributed by atoms with Crippen LogP contribution < -0.4 is 4.72 Å². The number of anilines is 1. The van der Waals surface area contributed by atoms with Crippen LogP contribution in [0, 0.1) is 5.82 Å². The summed E-state index contributed by atoms with van der Waals surface area (Å²) in [5.41, 5.74) is -0.763. The molecule has 0 atom stereocenters. The van der Waals surface area contributed by atoms with Crippen molar-refractivity contribution >= 4 is 36.3 Å². The smallest absolute Gasteiger partial charge is 0.255 e. The maximum absolute atomic E-state index is 14.4. The van der Waals surface area contributed by atoms with E-state index in [-0.39, 0.29) is 17.1 Å². The highest BCUT2D eigenvalue weighted by Crippen LogP contribution is 2.30. The molecule has 13 heteroatoms. The highest BCUT2D eigenvalue weighted by molar-refractivity contribution is 7.93. The number of hydrogen-bond donors (Lipinski definition) is 1. The maximum atomic E-state index is 14.4. The number of aromatic nitrogens is 1. The summed E-state index contributed by atoms with van der Waals surface area (Å²) in [6.45, 7) is 0. The Labute approximate surface area is 179 Å². The molecule has 0 amide bonds. The summed E-state index contributed by atoms with van der Waals surface area (Å²) in [5.74, 6) is -1.87. The van der Waals surface area contributed by atoms with Crippen LogP contribution in [0.1, 0.15) is 11.1 Å². The quantitative estimate of drug-likeness (QED) is 0.499. The first-order chi connectivity index (χ1) is 14.4. The SMILES string of the molecule is O=S(=O)(CCc1cccc(C(F)(F)F)c1)c1ccc(S(=O)(=O)Nc2nccs2)c(F)c1. The fourth-order valence-corrected chi connectivity index (χ4v) is 5.76.